The molecule has 2 rings (SSSR count). The number of carbonyl (C=O) groups is 1. The van der Waals surface area contributed by atoms with Crippen LogP contribution in [0.15, 0.2) is 42.6 Å². The van der Waals surface area contributed by atoms with Crippen molar-refractivity contribution in [2.45, 2.75) is 46.1 Å². The molecule has 116 valence electrons. The van der Waals surface area contributed by atoms with E-state index in [0.29, 0.717) is 23.0 Å². The van der Waals surface area contributed by atoms with Crippen molar-refractivity contribution >= 4 is 11.6 Å². The Morgan fingerprint density at radius 2 is 2.05 bits per heavy atom. The quantitative estimate of drug-likeness (QED) is 0.758. The fraction of sp³-hybridized carbons (Fsp3) is 0.368. The monoisotopic (exact) mass is 296 g/mol. The first-order valence-electron chi connectivity index (χ1n) is 7.98. The van der Waals surface area contributed by atoms with Crippen LogP contribution in [0.2, 0.25) is 0 Å². The van der Waals surface area contributed by atoms with Gasteiger partial charge in [-0.05, 0) is 38.0 Å². The van der Waals surface area contributed by atoms with Crippen LogP contribution >= 0.6 is 0 Å². The molecule has 1 heterocycles. The number of rotatable bonds is 7. The molecule has 2 aromatic rings. The highest BCUT2D eigenvalue weighted by atomic mass is 16.1. The van der Waals surface area contributed by atoms with Crippen LogP contribution in [-0.4, -0.2) is 16.8 Å². The van der Waals surface area contributed by atoms with E-state index >= 15 is 0 Å². The minimum Gasteiger partial charge on any atom is -0.367 e. The van der Waals surface area contributed by atoms with Gasteiger partial charge in [-0.3, -0.25) is 4.79 Å². The van der Waals surface area contributed by atoms with E-state index < -0.39 is 0 Å². The molecule has 0 aliphatic carbocycles. The highest BCUT2D eigenvalue weighted by Gasteiger charge is 2.16. The van der Waals surface area contributed by atoms with E-state index in [0.717, 1.165) is 24.8 Å². The van der Waals surface area contributed by atoms with Crippen molar-refractivity contribution in [2.75, 3.05) is 5.32 Å². The third-order valence-corrected chi connectivity index (χ3v) is 3.80. The maximum atomic E-state index is 12.8. The molecule has 0 amide bonds. The number of ketones is 1. The molecule has 1 unspecified atom stereocenters. The van der Waals surface area contributed by atoms with Gasteiger partial charge in [0.15, 0.2) is 5.78 Å². The Kier molecular flexibility index (Phi) is 5.70. The molecule has 0 saturated carbocycles. The van der Waals surface area contributed by atoms with E-state index in [4.69, 9.17) is 0 Å². The first kappa shape index (κ1) is 16.2. The zero-order valence-electron chi connectivity index (χ0n) is 13.6. The van der Waals surface area contributed by atoms with Crippen LogP contribution in [0.5, 0.6) is 0 Å². The van der Waals surface area contributed by atoms with Gasteiger partial charge in [-0.15, -0.1) is 0 Å². The smallest absolute Gasteiger partial charge is 0.196 e. The first-order chi connectivity index (χ1) is 10.7. The fourth-order valence-electron chi connectivity index (χ4n) is 2.57. The summed E-state index contributed by atoms with van der Waals surface area (Å²) in [6.07, 6.45) is 4.93. The second-order valence-corrected chi connectivity index (χ2v) is 5.64. The molecule has 1 aromatic carbocycles. The minimum atomic E-state index is 0.0191. The molecule has 0 aliphatic rings. The summed E-state index contributed by atoms with van der Waals surface area (Å²) in [7, 11) is 0. The molecule has 0 fully saturated rings. The number of pyridine rings is 1. The van der Waals surface area contributed by atoms with Crippen LogP contribution in [0.1, 0.15) is 54.6 Å². The zero-order chi connectivity index (χ0) is 15.9. The standard InChI is InChI=1S/C19H24N2O/c1-4-8-16(5-2)21-19-17(11-7-12-20-19)18(22)15-10-6-9-14(3)13-15/h6-7,9-13,16H,4-5,8H2,1-3H3,(H,20,21). The van der Waals surface area contributed by atoms with Crippen molar-refractivity contribution in [1.29, 1.82) is 0 Å². The van der Waals surface area contributed by atoms with E-state index in [1.54, 1.807) is 6.20 Å². The second-order valence-electron chi connectivity index (χ2n) is 5.64. The van der Waals surface area contributed by atoms with E-state index in [9.17, 15) is 4.79 Å². The van der Waals surface area contributed by atoms with Crippen molar-refractivity contribution < 1.29 is 4.79 Å². The van der Waals surface area contributed by atoms with Crippen molar-refractivity contribution in [2.24, 2.45) is 0 Å². The molecule has 1 atom stereocenters. The Bertz CT molecular complexity index is 637. The van der Waals surface area contributed by atoms with Gasteiger partial charge in [0, 0.05) is 17.8 Å². The lowest BCUT2D eigenvalue weighted by atomic mass is 10.0. The number of nitrogens with one attached hydrogen (secondary N) is 1. The van der Waals surface area contributed by atoms with E-state index in [1.165, 1.54) is 0 Å². The Morgan fingerprint density at radius 3 is 2.73 bits per heavy atom. The maximum Gasteiger partial charge on any atom is 0.196 e. The molecule has 22 heavy (non-hydrogen) atoms. The minimum absolute atomic E-state index is 0.0191. The van der Waals surface area contributed by atoms with Crippen molar-refractivity contribution in [1.82, 2.24) is 4.98 Å². The number of aryl methyl sites for hydroxylation is 1. The van der Waals surface area contributed by atoms with Crippen molar-refractivity contribution in [3.8, 4) is 0 Å². The molecule has 1 N–H and O–H groups in total. The van der Waals surface area contributed by atoms with Gasteiger partial charge in [0.1, 0.15) is 5.82 Å². The predicted molar refractivity (Wildman–Crippen MR) is 91.5 cm³/mol. The number of nitrogens with zero attached hydrogens (tertiary/aromatic N) is 1. The van der Waals surface area contributed by atoms with Gasteiger partial charge in [-0.2, -0.15) is 0 Å². The second kappa shape index (κ2) is 7.74. The summed E-state index contributed by atoms with van der Waals surface area (Å²) >= 11 is 0. The van der Waals surface area contributed by atoms with Gasteiger partial charge >= 0.3 is 0 Å². The zero-order valence-corrected chi connectivity index (χ0v) is 13.6. The van der Waals surface area contributed by atoms with Crippen LogP contribution < -0.4 is 5.32 Å². The number of hydrogen-bond donors (Lipinski definition) is 1. The van der Waals surface area contributed by atoms with Crippen molar-refractivity contribution in [3.63, 3.8) is 0 Å². The summed E-state index contributed by atoms with van der Waals surface area (Å²) in [5.41, 5.74) is 2.43. The Morgan fingerprint density at radius 1 is 1.23 bits per heavy atom. The summed E-state index contributed by atoms with van der Waals surface area (Å²) < 4.78 is 0. The molecule has 1 aromatic heterocycles. The van der Waals surface area contributed by atoms with Crippen LogP contribution in [0.3, 0.4) is 0 Å². The van der Waals surface area contributed by atoms with Crippen LogP contribution in [0, 0.1) is 6.92 Å². The summed E-state index contributed by atoms with van der Waals surface area (Å²) in [4.78, 5) is 17.2. The average Bonchev–Trinajstić information content (AvgIpc) is 2.54. The summed E-state index contributed by atoms with van der Waals surface area (Å²) in [5, 5.41) is 3.43. The van der Waals surface area contributed by atoms with E-state index in [2.05, 4.69) is 24.1 Å². The van der Waals surface area contributed by atoms with Gasteiger partial charge in [-0.1, -0.05) is 44.0 Å². The first-order valence-corrected chi connectivity index (χ1v) is 7.98. The highest BCUT2D eigenvalue weighted by molar-refractivity contribution is 6.11. The highest BCUT2D eigenvalue weighted by Crippen LogP contribution is 2.20. The van der Waals surface area contributed by atoms with Crippen LogP contribution in [0.4, 0.5) is 5.82 Å². The Balaban J connectivity index is 2.29. The van der Waals surface area contributed by atoms with Gasteiger partial charge in [0.25, 0.3) is 0 Å². The summed E-state index contributed by atoms with van der Waals surface area (Å²) in [5.74, 6) is 0.708. The number of aromatic nitrogens is 1. The van der Waals surface area contributed by atoms with E-state index in [1.807, 2.05) is 43.3 Å². The van der Waals surface area contributed by atoms with Gasteiger partial charge in [0.05, 0.1) is 5.56 Å². The van der Waals surface area contributed by atoms with Crippen molar-refractivity contribution in [3.05, 3.63) is 59.3 Å². The Hall–Kier alpha value is -2.16. The molecule has 0 radical (unpaired) electrons. The van der Waals surface area contributed by atoms with E-state index in [-0.39, 0.29) is 5.78 Å². The molecule has 3 nitrogen and oxygen atoms in total. The fourth-order valence-corrected chi connectivity index (χ4v) is 2.57. The lowest BCUT2D eigenvalue weighted by Crippen LogP contribution is -2.21. The van der Waals surface area contributed by atoms with Gasteiger partial charge in [-0.25, -0.2) is 4.98 Å². The molecule has 0 aliphatic heterocycles. The number of benzene rings is 1. The van der Waals surface area contributed by atoms with Gasteiger partial charge < -0.3 is 5.32 Å². The average molecular weight is 296 g/mol. The van der Waals surface area contributed by atoms with Crippen LogP contribution in [0.25, 0.3) is 0 Å². The molecule has 0 saturated heterocycles. The Labute approximate surface area is 132 Å². The largest absolute Gasteiger partial charge is 0.367 e. The normalized spacial score (nSPS) is 12.0. The topological polar surface area (TPSA) is 42.0 Å². The summed E-state index contributed by atoms with van der Waals surface area (Å²) in [6.45, 7) is 6.31. The molecule has 3 heteroatoms. The molecule has 0 bridgehead atoms. The van der Waals surface area contributed by atoms with Gasteiger partial charge in [0.2, 0.25) is 0 Å². The maximum absolute atomic E-state index is 12.8. The number of carbonyl (C=O) groups excluding carboxylic acids is 1. The number of anilines is 1. The van der Waals surface area contributed by atoms with Crippen LogP contribution in [-0.2, 0) is 0 Å². The lowest BCUT2D eigenvalue weighted by Gasteiger charge is -2.18. The predicted octanol–water partition coefficient (Wildman–Crippen LogP) is 4.61. The number of hydrogen-bond acceptors (Lipinski definition) is 3. The molecular weight excluding hydrogens is 272 g/mol. The summed E-state index contributed by atoms with van der Waals surface area (Å²) in [6, 6.07) is 11.7. The molecule has 0 spiro atoms. The SMILES string of the molecule is CCCC(CC)Nc1ncccc1C(=O)c1cccc(C)c1. The third kappa shape index (κ3) is 3.94. The third-order valence-electron chi connectivity index (χ3n) is 3.80. The lowest BCUT2D eigenvalue weighted by molar-refractivity contribution is 0.103. The molecular formula is C19H24N2O.